The lowest BCUT2D eigenvalue weighted by molar-refractivity contribution is -0.384. The van der Waals surface area contributed by atoms with Gasteiger partial charge in [-0.2, -0.15) is 0 Å². The minimum absolute atomic E-state index is 0.0376. The van der Waals surface area contributed by atoms with E-state index in [1.54, 1.807) is 19.4 Å². The average molecular weight is 622 g/mol. The molecule has 1 aliphatic rings. The molecule has 0 spiro atoms. The second-order valence-electron chi connectivity index (χ2n) is 10.5. The second-order valence-corrected chi connectivity index (χ2v) is 10.9. The van der Waals surface area contributed by atoms with E-state index < -0.39 is 4.92 Å². The molecule has 6 rings (SSSR count). The minimum Gasteiger partial charge on any atom is -0.497 e. The Kier molecular flexibility index (Phi) is 8.10. The van der Waals surface area contributed by atoms with E-state index in [1.807, 2.05) is 80.6 Å². The monoisotopic (exact) mass is 621 g/mol. The van der Waals surface area contributed by atoms with Crippen molar-refractivity contribution in [2.75, 3.05) is 19.1 Å². The van der Waals surface area contributed by atoms with Crippen LogP contribution in [0.25, 0.3) is 5.69 Å². The zero-order chi connectivity index (χ0) is 31.7. The van der Waals surface area contributed by atoms with Crippen LogP contribution in [-0.4, -0.2) is 33.8 Å². The van der Waals surface area contributed by atoms with Crippen molar-refractivity contribution in [2.24, 2.45) is 0 Å². The zero-order valence-corrected chi connectivity index (χ0v) is 25.9. The lowest BCUT2D eigenvalue weighted by atomic mass is 9.96. The van der Waals surface area contributed by atoms with Gasteiger partial charge in [0.1, 0.15) is 23.0 Å². The first-order valence-electron chi connectivity index (χ1n) is 14.2. The number of aryl methyl sites for hydroxylation is 1. The van der Waals surface area contributed by atoms with Crippen LogP contribution in [0, 0.1) is 24.0 Å². The summed E-state index contributed by atoms with van der Waals surface area (Å²) >= 11 is 5.95. The van der Waals surface area contributed by atoms with E-state index >= 15 is 0 Å². The maximum Gasteiger partial charge on any atom is 0.273 e. The Balaban J connectivity index is 1.40. The Labute approximate surface area is 266 Å². The third-order valence-corrected chi connectivity index (χ3v) is 8.23. The van der Waals surface area contributed by atoms with Gasteiger partial charge in [0.15, 0.2) is 5.11 Å². The van der Waals surface area contributed by atoms with Gasteiger partial charge in [0, 0.05) is 29.3 Å². The molecule has 1 N–H and O–H groups in total. The molecule has 3 aromatic carbocycles. The number of hydrogen-bond donors (Lipinski definition) is 1. The Bertz CT molecular complexity index is 1860. The number of thiocarbonyl (C=S) groups is 1. The van der Waals surface area contributed by atoms with Gasteiger partial charge in [0.2, 0.25) is 0 Å². The van der Waals surface area contributed by atoms with E-state index in [0.29, 0.717) is 28.0 Å². The Hall–Kier alpha value is -5.42. The highest BCUT2D eigenvalue weighted by Gasteiger charge is 2.42. The summed E-state index contributed by atoms with van der Waals surface area (Å²) in [6, 6.07) is 27.3. The van der Waals surface area contributed by atoms with Crippen LogP contribution in [0.1, 0.15) is 34.7 Å². The van der Waals surface area contributed by atoms with Crippen LogP contribution < -0.4 is 24.4 Å². The summed E-state index contributed by atoms with van der Waals surface area (Å²) in [5, 5.41) is 15.5. The summed E-state index contributed by atoms with van der Waals surface area (Å²) in [4.78, 5) is 17.8. The predicted molar refractivity (Wildman–Crippen MR) is 176 cm³/mol. The van der Waals surface area contributed by atoms with Crippen LogP contribution in [0.3, 0.4) is 0 Å². The normalized spacial score (nSPS) is 15.9. The van der Waals surface area contributed by atoms with E-state index in [1.165, 1.54) is 19.2 Å². The number of anilines is 1. The lowest BCUT2D eigenvalue weighted by Gasteiger charge is -2.28. The van der Waals surface area contributed by atoms with Crippen LogP contribution in [0.2, 0.25) is 0 Å². The summed E-state index contributed by atoms with van der Waals surface area (Å²) in [6.45, 7) is 4.04. The molecule has 1 fully saturated rings. The molecule has 2 atom stereocenters. The molecule has 1 aliphatic heterocycles. The first kappa shape index (κ1) is 29.6. The lowest BCUT2D eigenvalue weighted by Crippen LogP contribution is -2.29. The number of hydrogen-bond acceptors (Lipinski definition) is 7. The number of nitro benzene ring substituents is 1. The molecule has 228 valence electrons. The molecule has 0 amide bonds. The fourth-order valence-electron chi connectivity index (χ4n) is 5.83. The van der Waals surface area contributed by atoms with Crippen molar-refractivity contribution in [1.82, 2.24) is 14.9 Å². The molecule has 3 heterocycles. The van der Waals surface area contributed by atoms with Gasteiger partial charge in [-0.1, -0.05) is 6.07 Å². The predicted octanol–water partition coefficient (Wildman–Crippen LogP) is 7.38. The highest BCUT2D eigenvalue weighted by Crippen LogP contribution is 2.45. The van der Waals surface area contributed by atoms with E-state index in [-0.39, 0.29) is 17.8 Å². The van der Waals surface area contributed by atoms with Crippen LogP contribution in [0.5, 0.6) is 23.0 Å². The van der Waals surface area contributed by atoms with Crippen molar-refractivity contribution in [3.05, 3.63) is 130 Å². The Morgan fingerprint density at radius 2 is 1.58 bits per heavy atom. The molecule has 1 saturated heterocycles. The topological polar surface area (TPSA) is 104 Å². The molecule has 10 nitrogen and oxygen atoms in total. The van der Waals surface area contributed by atoms with Crippen molar-refractivity contribution in [1.29, 1.82) is 0 Å². The van der Waals surface area contributed by atoms with Crippen molar-refractivity contribution < 1.29 is 19.1 Å². The van der Waals surface area contributed by atoms with Gasteiger partial charge >= 0.3 is 0 Å². The molecular formula is C34H31N5O5S. The summed E-state index contributed by atoms with van der Waals surface area (Å²) < 4.78 is 19.0. The number of pyridine rings is 1. The standard InChI is InChI=1S/C34H31N5O5S/c1-21-19-28(22(2)37(21)30-17-10-24(39(40)41)20-31(30)43-4)33-32(29-7-5-6-18-35-29)36-34(45)38(33)23-8-11-26(12-9-23)44-27-15-13-25(42-3)14-16-27/h5-20,32-33H,1-4H3,(H,36,45)/t32-,33-/m1/s1. The molecule has 2 aromatic heterocycles. The van der Waals surface area contributed by atoms with Crippen molar-refractivity contribution in [2.45, 2.75) is 25.9 Å². The molecule has 45 heavy (non-hydrogen) atoms. The number of nitrogens with zero attached hydrogens (tertiary/aromatic N) is 4. The molecule has 0 radical (unpaired) electrons. The van der Waals surface area contributed by atoms with Gasteiger partial charge in [0.25, 0.3) is 5.69 Å². The third-order valence-electron chi connectivity index (χ3n) is 7.91. The average Bonchev–Trinajstić information content (AvgIpc) is 3.56. The molecule has 11 heteroatoms. The SMILES string of the molecule is COc1ccc(Oc2ccc(N3C(=S)N[C@H](c4ccccn4)[C@H]3c3cc(C)n(-c4ccc([N+](=O)[O-])cc4OC)c3C)cc2)cc1. The van der Waals surface area contributed by atoms with Gasteiger partial charge in [0.05, 0.1) is 48.7 Å². The minimum atomic E-state index is -0.430. The number of nitro groups is 1. The fourth-order valence-corrected chi connectivity index (χ4v) is 6.17. The van der Waals surface area contributed by atoms with Crippen molar-refractivity contribution in [3.8, 4) is 28.7 Å². The summed E-state index contributed by atoms with van der Waals surface area (Å²) in [5.74, 6) is 2.54. The highest BCUT2D eigenvalue weighted by molar-refractivity contribution is 7.80. The number of benzene rings is 3. The molecule has 0 unspecified atom stereocenters. The fraction of sp³-hybridized carbons (Fsp3) is 0.176. The van der Waals surface area contributed by atoms with Gasteiger partial charge in [-0.15, -0.1) is 0 Å². The van der Waals surface area contributed by atoms with Crippen LogP contribution in [-0.2, 0) is 0 Å². The number of rotatable bonds is 9. The number of aromatic nitrogens is 2. The van der Waals surface area contributed by atoms with E-state index in [0.717, 1.165) is 34.1 Å². The largest absolute Gasteiger partial charge is 0.497 e. The first-order chi connectivity index (χ1) is 21.8. The van der Waals surface area contributed by atoms with E-state index in [2.05, 4.69) is 25.8 Å². The number of nitrogens with one attached hydrogen (secondary N) is 1. The zero-order valence-electron chi connectivity index (χ0n) is 25.1. The molecule has 0 bridgehead atoms. The van der Waals surface area contributed by atoms with E-state index in [9.17, 15) is 10.1 Å². The first-order valence-corrected chi connectivity index (χ1v) is 14.6. The second kappa shape index (κ2) is 12.3. The van der Waals surface area contributed by atoms with Gasteiger partial charge < -0.3 is 29.0 Å². The summed E-state index contributed by atoms with van der Waals surface area (Å²) in [6.07, 6.45) is 1.77. The number of non-ortho nitro benzene ring substituents is 1. The molecule has 0 saturated carbocycles. The smallest absolute Gasteiger partial charge is 0.273 e. The highest BCUT2D eigenvalue weighted by atomic mass is 32.1. The molecule has 5 aromatic rings. The number of methoxy groups -OCH3 is 2. The number of ether oxygens (including phenoxy) is 3. The van der Waals surface area contributed by atoms with E-state index in [4.69, 9.17) is 26.4 Å². The van der Waals surface area contributed by atoms with Crippen LogP contribution >= 0.6 is 12.2 Å². The van der Waals surface area contributed by atoms with Gasteiger partial charge in [-0.3, -0.25) is 15.1 Å². The maximum absolute atomic E-state index is 11.4. The maximum atomic E-state index is 11.4. The van der Waals surface area contributed by atoms with Crippen LogP contribution in [0.15, 0.2) is 97.2 Å². The van der Waals surface area contributed by atoms with Crippen LogP contribution in [0.4, 0.5) is 11.4 Å². The Morgan fingerprint density at radius 3 is 2.20 bits per heavy atom. The summed E-state index contributed by atoms with van der Waals surface area (Å²) in [5.41, 5.74) is 5.31. The molecular weight excluding hydrogens is 590 g/mol. The molecule has 0 aliphatic carbocycles. The van der Waals surface area contributed by atoms with Gasteiger partial charge in [-0.25, -0.2) is 0 Å². The quantitative estimate of drug-likeness (QED) is 0.103. The van der Waals surface area contributed by atoms with Crippen molar-refractivity contribution >= 4 is 28.7 Å². The van der Waals surface area contributed by atoms with Gasteiger partial charge in [-0.05, 0) is 104 Å². The summed E-state index contributed by atoms with van der Waals surface area (Å²) in [7, 11) is 3.14. The Morgan fingerprint density at radius 1 is 0.889 bits per heavy atom. The third kappa shape index (κ3) is 5.65. The van der Waals surface area contributed by atoms with Crippen molar-refractivity contribution in [3.63, 3.8) is 0 Å².